The number of fused-ring (bicyclic) bond motifs is 2. The van der Waals surface area contributed by atoms with Gasteiger partial charge in [-0.05, 0) is 0 Å². The van der Waals surface area contributed by atoms with Gasteiger partial charge in [0.05, 0.1) is 0 Å². The van der Waals surface area contributed by atoms with Crippen LogP contribution >= 0.6 is 0 Å². The van der Waals surface area contributed by atoms with Crippen LogP contribution < -0.4 is 37.6 Å². The molecule has 2 aromatic carbocycles. The van der Waals surface area contributed by atoms with E-state index in [1.165, 1.54) is 11.1 Å². The van der Waals surface area contributed by atoms with Gasteiger partial charge in [0, 0.05) is 0 Å². The summed E-state index contributed by atoms with van der Waals surface area (Å²) in [7, 11) is 0. The molecule has 0 radical (unpaired) electrons. The van der Waals surface area contributed by atoms with Crippen LogP contribution in [0.5, 0.6) is 23.0 Å². The van der Waals surface area contributed by atoms with Gasteiger partial charge in [0.1, 0.15) is 0 Å². The fraction of sp³-hybridized carbons (Fsp3) is 0.294. The summed E-state index contributed by atoms with van der Waals surface area (Å²) in [5.74, 6) is 4.16. The third-order valence-electron chi connectivity index (χ3n) is 4.40. The van der Waals surface area contributed by atoms with Crippen LogP contribution in [-0.2, 0) is 0 Å². The fourth-order valence-corrected chi connectivity index (χ4v) is 3.97. The van der Waals surface area contributed by atoms with E-state index in [1.807, 2.05) is 12.1 Å². The van der Waals surface area contributed by atoms with E-state index in [0.717, 1.165) is 23.0 Å². The van der Waals surface area contributed by atoms with E-state index in [1.54, 1.807) is 0 Å². The van der Waals surface area contributed by atoms with Gasteiger partial charge in [-0.25, -0.2) is 0 Å². The zero-order valence-electron chi connectivity index (χ0n) is 12.3. The average Bonchev–Trinajstić information content (AvgIpc) is 3.20. The second-order valence-electron chi connectivity index (χ2n) is 5.61. The van der Waals surface area contributed by atoms with Gasteiger partial charge in [-0.15, -0.1) is 0 Å². The molecule has 2 heterocycles. The maximum atomic E-state index is 5.59. The van der Waals surface area contributed by atoms with Crippen molar-refractivity contribution in [1.82, 2.24) is 0 Å². The van der Waals surface area contributed by atoms with Gasteiger partial charge < -0.3 is 0 Å². The van der Waals surface area contributed by atoms with Crippen molar-refractivity contribution in [3.05, 3.63) is 47.5 Å². The Morgan fingerprint density at radius 1 is 0.773 bits per heavy atom. The number of rotatable bonds is 3. The predicted molar refractivity (Wildman–Crippen MR) is 77.1 cm³/mol. The quantitative estimate of drug-likeness (QED) is 0.707. The van der Waals surface area contributed by atoms with Crippen LogP contribution in [0.3, 0.4) is 0 Å². The number of benzene rings is 2. The second kappa shape index (κ2) is 5.53. The van der Waals surface area contributed by atoms with Crippen LogP contribution in [0.25, 0.3) is 0 Å². The molecule has 0 spiro atoms. The van der Waals surface area contributed by atoms with E-state index in [9.17, 15) is 0 Å². The average molecular weight is 411 g/mol. The van der Waals surface area contributed by atoms with E-state index in [4.69, 9.17) is 15.6 Å². The fourth-order valence-electron chi connectivity index (χ4n) is 2.79. The Kier molecular flexibility index (Phi) is 3.52. The number of halogens is 1. The van der Waals surface area contributed by atoms with E-state index in [-0.39, 0.29) is 0 Å². The van der Waals surface area contributed by atoms with Crippen molar-refractivity contribution >= 4 is 0 Å². The van der Waals surface area contributed by atoms with Gasteiger partial charge in [-0.3, -0.25) is 0 Å². The number of hydrogen-bond donors (Lipinski definition) is 0. The molecule has 2 aliphatic heterocycles. The van der Waals surface area contributed by atoms with E-state index in [0.29, 0.717) is 18.6 Å². The molecule has 2 atom stereocenters. The summed E-state index contributed by atoms with van der Waals surface area (Å²) in [4.78, 5) is 0. The first kappa shape index (κ1) is 14.0. The van der Waals surface area contributed by atoms with Crippen LogP contribution in [0, 0.1) is 0 Å². The van der Waals surface area contributed by atoms with E-state index in [2.05, 4.69) is 38.1 Å². The molecule has 0 fully saturated rings. The molecule has 22 heavy (non-hydrogen) atoms. The molecule has 0 aliphatic carbocycles. The first-order valence-electron chi connectivity index (χ1n) is 7.24. The third-order valence-corrected chi connectivity index (χ3v) is 5.70. The van der Waals surface area contributed by atoms with Crippen molar-refractivity contribution in [1.29, 1.82) is 0 Å². The maximum absolute atomic E-state index is 5.59. The standard InChI is InChI=1S/C17H16IO4/c1-10(12-3-5-14-16(7-12)20-9-19-14)11(2)13-4-6-15-17(8-13)22-18-21-15/h3-8,10-11H,9H2,1-2H3/q-1. The molecular weight excluding hydrogens is 395 g/mol. The van der Waals surface area contributed by atoms with Crippen molar-refractivity contribution in [2.24, 2.45) is 0 Å². The predicted octanol–water partition coefficient (Wildman–Crippen LogP) is 1.01. The molecule has 116 valence electrons. The normalized spacial score (nSPS) is 17.7. The van der Waals surface area contributed by atoms with Crippen LogP contribution in [0.2, 0.25) is 0 Å². The first-order chi connectivity index (χ1) is 10.7. The summed E-state index contributed by atoms with van der Waals surface area (Å²) in [5, 5.41) is 0. The Balaban J connectivity index is 1.60. The third kappa shape index (κ3) is 2.37. The zero-order valence-corrected chi connectivity index (χ0v) is 14.5. The Labute approximate surface area is 140 Å². The van der Waals surface area contributed by atoms with Crippen molar-refractivity contribution in [3.63, 3.8) is 0 Å². The van der Waals surface area contributed by atoms with Gasteiger partial charge in [0.15, 0.2) is 0 Å². The van der Waals surface area contributed by atoms with Gasteiger partial charge in [-0.1, -0.05) is 0 Å². The summed E-state index contributed by atoms with van der Waals surface area (Å²) in [6.45, 7) is 4.79. The second-order valence-corrected chi connectivity index (χ2v) is 6.85. The monoisotopic (exact) mass is 411 g/mol. The molecule has 2 aliphatic rings. The van der Waals surface area contributed by atoms with Crippen LogP contribution in [-0.4, -0.2) is 6.79 Å². The molecule has 4 rings (SSSR count). The van der Waals surface area contributed by atoms with E-state index >= 15 is 0 Å². The molecule has 0 bridgehead atoms. The van der Waals surface area contributed by atoms with Crippen LogP contribution in [0.4, 0.5) is 0 Å². The van der Waals surface area contributed by atoms with Gasteiger partial charge >= 0.3 is 141 Å². The summed E-state index contributed by atoms with van der Waals surface area (Å²) >= 11 is -0.615. The molecule has 4 nitrogen and oxygen atoms in total. The van der Waals surface area contributed by atoms with Gasteiger partial charge in [0.25, 0.3) is 0 Å². The van der Waals surface area contributed by atoms with Gasteiger partial charge in [0.2, 0.25) is 0 Å². The molecule has 0 saturated carbocycles. The molecule has 2 unspecified atom stereocenters. The van der Waals surface area contributed by atoms with Crippen molar-refractivity contribution in [2.45, 2.75) is 25.7 Å². The van der Waals surface area contributed by atoms with Gasteiger partial charge in [-0.2, -0.15) is 0 Å². The van der Waals surface area contributed by atoms with Crippen molar-refractivity contribution in [2.75, 3.05) is 6.79 Å². The summed E-state index contributed by atoms with van der Waals surface area (Å²) < 4.78 is 21.9. The SMILES string of the molecule is CC(c1ccc2c(c1)OCO2)C(C)c1ccc2c(c1)O[I-]O2. The van der Waals surface area contributed by atoms with E-state index < -0.39 is 22.0 Å². The summed E-state index contributed by atoms with van der Waals surface area (Å²) in [5.41, 5.74) is 2.51. The summed E-state index contributed by atoms with van der Waals surface area (Å²) in [6.07, 6.45) is 0. The molecule has 0 N–H and O–H groups in total. The molecule has 0 aromatic heterocycles. The summed E-state index contributed by atoms with van der Waals surface area (Å²) in [6, 6.07) is 12.4. The molecular formula is C17H16IO4-. The zero-order chi connectivity index (χ0) is 15.1. The molecule has 5 heteroatoms. The molecule has 2 aromatic rings. The van der Waals surface area contributed by atoms with Crippen LogP contribution in [0.15, 0.2) is 36.4 Å². The molecule has 0 amide bonds. The van der Waals surface area contributed by atoms with Crippen LogP contribution in [0.1, 0.15) is 36.8 Å². The number of ether oxygens (including phenoxy) is 2. The Bertz CT molecular complexity index is 654. The van der Waals surface area contributed by atoms with Crippen molar-refractivity contribution < 1.29 is 37.6 Å². The minimum atomic E-state index is -0.615. The topological polar surface area (TPSA) is 36.9 Å². The molecule has 0 saturated heterocycles. The van der Waals surface area contributed by atoms with Crippen molar-refractivity contribution in [3.8, 4) is 23.0 Å². The Morgan fingerprint density at radius 3 is 2.14 bits per heavy atom. The minimum absolute atomic E-state index is 0.313. The first-order valence-corrected chi connectivity index (χ1v) is 9.01. The Hall–Kier alpha value is -1.63. The number of hydrogen-bond acceptors (Lipinski definition) is 4. The Morgan fingerprint density at radius 2 is 1.36 bits per heavy atom.